The number of Topliss-reactive ketones (excluding diaryl/α,β-unsaturated/α-hetero) is 1. The molecular weight excluding hydrogens is 306 g/mol. The first-order valence-corrected chi connectivity index (χ1v) is 7.61. The topological polar surface area (TPSA) is 37.4 Å². The lowest BCUT2D eigenvalue weighted by Gasteiger charge is -2.26. The number of alkyl halides is 1. The second-order valence-electron chi connectivity index (χ2n) is 5.37. The summed E-state index contributed by atoms with van der Waals surface area (Å²) >= 11 is 3.49. The van der Waals surface area contributed by atoms with E-state index in [1.807, 2.05) is 19.1 Å². The lowest BCUT2D eigenvalue weighted by molar-refractivity contribution is -0.114. The predicted molar refractivity (Wildman–Crippen MR) is 80.0 cm³/mol. The third kappa shape index (κ3) is 2.46. The molecule has 0 radical (unpaired) electrons. The van der Waals surface area contributed by atoms with Crippen LogP contribution in [0.5, 0.6) is 0 Å². The summed E-state index contributed by atoms with van der Waals surface area (Å²) < 4.78 is 0. The summed E-state index contributed by atoms with van der Waals surface area (Å²) in [6.45, 7) is 6.79. The zero-order chi connectivity index (χ0) is 14.2. The molecule has 0 saturated heterocycles. The highest BCUT2D eigenvalue weighted by Gasteiger charge is 2.37. The quantitative estimate of drug-likeness (QED) is 0.630. The van der Waals surface area contributed by atoms with Gasteiger partial charge in [0.1, 0.15) is 0 Å². The van der Waals surface area contributed by atoms with Crippen molar-refractivity contribution in [1.29, 1.82) is 0 Å². The number of halogens is 1. The molecule has 1 aromatic carbocycles. The van der Waals surface area contributed by atoms with Gasteiger partial charge in [0.05, 0.1) is 11.3 Å². The maximum Gasteiger partial charge on any atom is 0.299 e. The van der Waals surface area contributed by atoms with Crippen LogP contribution in [0.15, 0.2) is 18.2 Å². The van der Waals surface area contributed by atoms with Crippen LogP contribution in [0, 0.1) is 18.8 Å². The normalized spacial score (nSPS) is 16.2. The van der Waals surface area contributed by atoms with Crippen molar-refractivity contribution in [3.05, 3.63) is 29.3 Å². The molecule has 102 valence electrons. The highest BCUT2D eigenvalue weighted by atomic mass is 79.9. The van der Waals surface area contributed by atoms with Gasteiger partial charge in [-0.25, -0.2) is 0 Å². The second kappa shape index (κ2) is 5.45. The first kappa shape index (κ1) is 14.3. The van der Waals surface area contributed by atoms with Crippen molar-refractivity contribution in [2.24, 2.45) is 11.8 Å². The van der Waals surface area contributed by atoms with E-state index in [-0.39, 0.29) is 5.78 Å². The molecular formula is C15H18BrNO2. The van der Waals surface area contributed by atoms with Crippen molar-refractivity contribution < 1.29 is 9.59 Å². The molecule has 1 aromatic rings. The Morgan fingerprint density at radius 1 is 1.26 bits per heavy atom. The minimum atomic E-state index is -0.393. The summed E-state index contributed by atoms with van der Waals surface area (Å²) in [7, 11) is 0. The number of anilines is 1. The van der Waals surface area contributed by atoms with E-state index in [1.165, 1.54) is 0 Å². The SMILES string of the molecule is Cc1cccc2c1N(CC(CBr)C(C)C)C(=O)C2=O. The van der Waals surface area contributed by atoms with Gasteiger partial charge in [-0.3, -0.25) is 9.59 Å². The van der Waals surface area contributed by atoms with Crippen LogP contribution in [0.25, 0.3) is 0 Å². The van der Waals surface area contributed by atoms with Gasteiger partial charge < -0.3 is 4.90 Å². The van der Waals surface area contributed by atoms with Crippen LogP contribution < -0.4 is 4.90 Å². The number of ketones is 1. The van der Waals surface area contributed by atoms with Crippen molar-refractivity contribution in [2.45, 2.75) is 20.8 Å². The van der Waals surface area contributed by atoms with E-state index in [4.69, 9.17) is 0 Å². The number of carbonyl (C=O) groups excluding carboxylic acids is 2. The summed E-state index contributed by atoms with van der Waals surface area (Å²) in [6, 6.07) is 5.50. The van der Waals surface area contributed by atoms with Crippen molar-refractivity contribution in [3.63, 3.8) is 0 Å². The fraction of sp³-hybridized carbons (Fsp3) is 0.467. The van der Waals surface area contributed by atoms with Crippen LogP contribution in [-0.4, -0.2) is 23.6 Å². The maximum atomic E-state index is 12.1. The monoisotopic (exact) mass is 323 g/mol. The van der Waals surface area contributed by atoms with Crippen LogP contribution in [-0.2, 0) is 4.79 Å². The fourth-order valence-electron chi connectivity index (χ4n) is 2.39. The molecule has 0 fully saturated rings. The average molecular weight is 324 g/mol. The Morgan fingerprint density at radius 3 is 2.53 bits per heavy atom. The molecule has 0 aromatic heterocycles. The lowest BCUT2D eigenvalue weighted by Crippen LogP contribution is -2.36. The molecule has 1 atom stereocenters. The third-order valence-electron chi connectivity index (χ3n) is 3.75. The van der Waals surface area contributed by atoms with E-state index in [0.717, 1.165) is 16.6 Å². The molecule has 1 unspecified atom stereocenters. The first-order chi connectivity index (χ1) is 8.97. The van der Waals surface area contributed by atoms with E-state index in [0.29, 0.717) is 23.9 Å². The average Bonchev–Trinajstić information content (AvgIpc) is 2.61. The Hall–Kier alpha value is -1.16. The van der Waals surface area contributed by atoms with E-state index in [2.05, 4.69) is 29.8 Å². The van der Waals surface area contributed by atoms with Gasteiger partial charge >= 0.3 is 0 Å². The highest BCUT2D eigenvalue weighted by Crippen LogP contribution is 2.33. The van der Waals surface area contributed by atoms with Crippen LogP contribution in [0.2, 0.25) is 0 Å². The van der Waals surface area contributed by atoms with Gasteiger partial charge in [-0.2, -0.15) is 0 Å². The molecule has 0 bridgehead atoms. The van der Waals surface area contributed by atoms with Gasteiger partial charge in [0.2, 0.25) is 0 Å². The molecule has 1 amide bonds. The zero-order valence-corrected chi connectivity index (χ0v) is 13.0. The number of rotatable bonds is 4. The summed E-state index contributed by atoms with van der Waals surface area (Å²) in [6.07, 6.45) is 0. The van der Waals surface area contributed by atoms with Gasteiger partial charge in [0.15, 0.2) is 0 Å². The van der Waals surface area contributed by atoms with Crippen LogP contribution in [0.1, 0.15) is 29.8 Å². The molecule has 1 heterocycles. The maximum absolute atomic E-state index is 12.1. The number of carbonyl (C=O) groups is 2. The highest BCUT2D eigenvalue weighted by molar-refractivity contribution is 9.09. The Morgan fingerprint density at radius 2 is 1.95 bits per heavy atom. The summed E-state index contributed by atoms with van der Waals surface area (Å²) in [5, 5.41) is 0.823. The smallest absolute Gasteiger partial charge is 0.299 e. The number of amides is 1. The van der Waals surface area contributed by atoms with E-state index < -0.39 is 5.91 Å². The Bertz CT molecular complexity index is 525. The van der Waals surface area contributed by atoms with E-state index >= 15 is 0 Å². The van der Waals surface area contributed by atoms with Gasteiger partial charge in [-0.1, -0.05) is 41.9 Å². The minimum Gasteiger partial charge on any atom is -0.304 e. The molecule has 0 spiro atoms. The van der Waals surface area contributed by atoms with Crippen molar-refractivity contribution in [1.82, 2.24) is 0 Å². The third-order valence-corrected chi connectivity index (χ3v) is 4.58. The predicted octanol–water partition coefficient (Wildman–Crippen LogP) is 3.19. The largest absolute Gasteiger partial charge is 0.304 e. The molecule has 0 saturated carbocycles. The van der Waals surface area contributed by atoms with Gasteiger partial charge in [-0.05, 0) is 30.4 Å². The molecule has 0 N–H and O–H groups in total. The number of nitrogens with zero attached hydrogens (tertiary/aromatic N) is 1. The standard InChI is InChI=1S/C15H18BrNO2/c1-9(2)11(7-16)8-17-13-10(3)5-4-6-12(13)14(18)15(17)19/h4-6,9,11H,7-8H2,1-3H3. The Labute approximate surface area is 122 Å². The molecule has 1 aliphatic rings. The zero-order valence-electron chi connectivity index (χ0n) is 11.4. The number of aryl methyl sites for hydroxylation is 1. The summed E-state index contributed by atoms with van der Waals surface area (Å²) in [5.74, 6) is 0.0179. The summed E-state index contributed by atoms with van der Waals surface area (Å²) in [5.41, 5.74) is 2.32. The van der Waals surface area contributed by atoms with Crippen LogP contribution in [0.3, 0.4) is 0 Å². The van der Waals surface area contributed by atoms with Crippen molar-refractivity contribution in [3.8, 4) is 0 Å². The number of fused-ring (bicyclic) bond motifs is 1. The van der Waals surface area contributed by atoms with E-state index in [9.17, 15) is 9.59 Å². The Kier molecular flexibility index (Phi) is 4.09. The van der Waals surface area contributed by atoms with Crippen LogP contribution in [0.4, 0.5) is 5.69 Å². The van der Waals surface area contributed by atoms with Gasteiger partial charge in [0.25, 0.3) is 11.7 Å². The van der Waals surface area contributed by atoms with Crippen LogP contribution >= 0.6 is 15.9 Å². The van der Waals surface area contributed by atoms with Crippen molar-refractivity contribution in [2.75, 3.05) is 16.8 Å². The molecule has 0 aliphatic carbocycles. The number of hydrogen-bond acceptors (Lipinski definition) is 2. The fourth-order valence-corrected chi connectivity index (χ4v) is 3.34. The number of hydrogen-bond donors (Lipinski definition) is 0. The first-order valence-electron chi connectivity index (χ1n) is 6.49. The molecule has 1 aliphatic heterocycles. The van der Waals surface area contributed by atoms with E-state index in [1.54, 1.807) is 11.0 Å². The summed E-state index contributed by atoms with van der Waals surface area (Å²) in [4.78, 5) is 25.8. The molecule has 3 nitrogen and oxygen atoms in total. The number of benzene rings is 1. The molecule has 19 heavy (non-hydrogen) atoms. The second-order valence-corrected chi connectivity index (χ2v) is 6.02. The number of para-hydroxylation sites is 1. The molecule has 4 heteroatoms. The minimum absolute atomic E-state index is 0.335. The Balaban J connectivity index is 2.38. The molecule has 2 rings (SSSR count). The van der Waals surface area contributed by atoms with Gasteiger partial charge in [0, 0.05) is 11.9 Å². The van der Waals surface area contributed by atoms with Gasteiger partial charge in [-0.15, -0.1) is 0 Å². The lowest BCUT2D eigenvalue weighted by atomic mass is 9.97. The van der Waals surface area contributed by atoms with Crippen molar-refractivity contribution >= 4 is 33.3 Å².